The number of nitrogens with zero attached hydrogens (tertiary/aromatic N) is 1. The molecule has 9 heteroatoms. The summed E-state index contributed by atoms with van der Waals surface area (Å²) in [6, 6.07) is 3.53. The van der Waals surface area contributed by atoms with E-state index >= 15 is 0 Å². The number of hydrogen-bond acceptors (Lipinski definition) is 5. The van der Waals surface area contributed by atoms with Crippen LogP contribution in [0, 0.1) is 10.1 Å². The molecule has 1 N–H and O–H groups in total. The van der Waals surface area contributed by atoms with Gasteiger partial charge in [0.2, 0.25) is 0 Å². The lowest BCUT2D eigenvalue weighted by Gasteiger charge is -2.14. The Bertz CT molecular complexity index is 468. The minimum absolute atomic E-state index is 0.0190. The normalized spacial score (nSPS) is 14.2. The highest BCUT2D eigenvalue weighted by atomic mass is 35.5. The summed E-state index contributed by atoms with van der Waals surface area (Å²) < 4.78 is 9.46. The fraction of sp³-hybridized carbons (Fsp3) is 0.143. The number of nitro groups is 1. The van der Waals surface area contributed by atoms with Crippen LogP contribution in [0.1, 0.15) is 0 Å². The second-order valence-corrected chi connectivity index (χ2v) is 5.89. The second-order valence-electron chi connectivity index (χ2n) is 2.61. The fourth-order valence-corrected chi connectivity index (χ4v) is 1.83. The molecule has 1 rings (SSSR count). The predicted octanol–water partition coefficient (Wildman–Crippen LogP) is 2.49. The van der Waals surface area contributed by atoms with E-state index in [1.54, 1.807) is 0 Å². The van der Waals surface area contributed by atoms with Crippen LogP contribution in [-0.4, -0.2) is 16.9 Å². The Labute approximate surface area is 101 Å². The zero-order valence-electron chi connectivity index (χ0n) is 7.99. The average Bonchev–Trinajstić information content (AvgIpc) is 2.20. The van der Waals surface area contributed by atoms with Crippen molar-refractivity contribution in [1.29, 1.82) is 0 Å². The van der Waals surface area contributed by atoms with Gasteiger partial charge in [-0.15, -0.1) is 0 Å². The van der Waals surface area contributed by atoms with E-state index in [1.807, 2.05) is 0 Å². The van der Waals surface area contributed by atoms with Crippen LogP contribution in [0.4, 0.5) is 5.69 Å². The first kappa shape index (κ1) is 13.3. The van der Waals surface area contributed by atoms with Crippen molar-refractivity contribution in [2.24, 2.45) is 0 Å². The maximum absolute atomic E-state index is 10.4. The molecule has 16 heavy (non-hydrogen) atoms. The summed E-state index contributed by atoms with van der Waals surface area (Å²) in [5, 5.41) is 10.4. The first-order chi connectivity index (χ1) is 7.35. The van der Waals surface area contributed by atoms with Crippen molar-refractivity contribution >= 4 is 35.8 Å². The largest absolute Gasteiger partial charge is 0.423 e. The number of non-ortho nitro benzene ring substituents is 1. The van der Waals surface area contributed by atoms with Gasteiger partial charge in [-0.1, -0.05) is 11.6 Å². The molecule has 0 aliphatic heterocycles. The maximum Gasteiger partial charge on any atom is 0.377 e. The first-order valence-electron chi connectivity index (χ1n) is 3.88. The Kier molecular flexibility index (Phi) is 4.23. The van der Waals surface area contributed by atoms with Crippen molar-refractivity contribution in [2.45, 2.75) is 0 Å². The zero-order chi connectivity index (χ0) is 12.3. The number of halogens is 1. The molecule has 0 aliphatic rings. The summed E-state index contributed by atoms with van der Waals surface area (Å²) in [5.74, 6) is 0.0416. The highest BCUT2D eigenvalue weighted by Gasteiger charge is 2.18. The third-order valence-electron chi connectivity index (χ3n) is 1.57. The molecular formula is C7H7ClNO5PS. The SMILES string of the molecule is COP(O)(=S)Oc1ccc([N+](=O)[O-])cc1Cl. The van der Waals surface area contributed by atoms with E-state index in [9.17, 15) is 15.0 Å². The van der Waals surface area contributed by atoms with Gasteiger partial charge >= 0.3 is 6.72 Å². The number of nitro benzene ring substituents is 1. The summed E-state index contributed by atoms with van der Waals surface area (Å²) >= 11 is 10.3. The molecule has 0 fully saturated rings. The number of rotatable bonds is 4. The Morgan fingerprint density at radius 2 is 2.25 bits per heavy atom. The quantitative estimate of drug-likeness (QED) is 0.519. The standard InChI is InChI=1S/C7H7ClNO5PS/c1-13-15(12,16)14-7-3-2-5(9(10)11)4-6(7)8/h2-4H,1H3,(H,12,16). The molecule has 88 valence electrons. The van der Waals surface area contributed by atoms with Gasteiger partial charge in [0.1, 0.15) is 5.75 Å². The molecule has 0 radical (unpaired) electrons. The van der Waals surface area contributed by atoms with Crippen LogP contribution in [0.25, 0.3) is 0 Å². The molecule has 1 aromatic carbocycles. The minimum Gasteiger partial charge on any atom is -0.423 e. The third-order valence-corrected chi connectivity index (χ3v) is 3.43. The monoisotopic (exact) mass is 283 g/mol. The van der Waals surface area contributed by atoms with Gasteiger partial charge in [-0.3, -0.25) is 10.1 Å². The van der Waals surface area contributed by atoms with Crippen LogP contribution in [0.15, 0.2) is 18.2 Å². The molecule has 0 amide bonds. The van der Waals surface area contributed by atoms with Crippen LogP contribution in [0.2, 0.25) is 5.02 Å². The van der Waals surface area contributed by atoms with Crippen LogP contribution >= 0.6 is 18.3 Å². The summed E-state index contributed by atoms with van der Waals surface area (Å²) in [6.07, 6.45) is 0. The van der Waals surface area contributed by atoms with Crippen molar-refractivity contribution in [3.05, 3.63) is 33.3 Å². The lowest BCUT2D eigenvalue weighted by atomic mass is 10.3. The van der Waals surface area contributed by atoms with E-state index in [0.29, 0.717) is 0 Å². The highest BCUT2D eigenvalue weighted by Crippen LogP contribution is 2.45. The molecule has 0 bridgehead atoms. The predicted molar refractivity (Wildman–Crippen MR) is 62.2 cm³/mol. The second kappa shape index (κ2) is 5.07. The van der Waals surface area contributed by atoms with E-state index < -0.39 is 11.6 Å². The lowest BCUT2D eigenvalue weighted by Crippen LogP contribution is -1.95. The molecule has 1 unspecified atom stereocenters. The summed E-state index contributed by atoms with van der Waals surface area (Å²) in [7, 11) is 1.19. The van der Waals surface area contributed by atoms with Crippen molar-refractivity contribution < 1.29 is 18.9 Å². The number of hydrogen-bond donors (Lipinski definition) is 1. The first-order valence-corrected chi connectivity index (χ1v) is 6.84. The number of benzene rings is 1. The van der Waals surface area contributed by atoms with Crippen LogP contribution in [0.3, 0.4) is 0 Å². The summed E-state index contributed by atoms with van der Waals surface area (Å²) in [4.78, 5) is 19.2. The molecule has 1 aromatic rings. The van der Waals surface area contributed by atoms with Crippen molar-refractivity contribution in [2.75, 3.05) is 7.11 Å². The maximum atomic E-state index is 10.4. The van der Waals surface area contributed by atoms with Gasteiger partial charge < -0.3 is 13.9 Å². The van der Waals surface area contributed by atoms with Crippen molar-refractivity contribution in [3.63, 3.8) is 0 Å². The van der Waals surface area contributed by atoms with Gasteiger partial charge in [0, 0.05) is 31.0 Å². The topological polar surface area (TPSA) is 81.8 Å². The van der Waals surface area contributed by atoms with Gasteiger partial charge in [-0.05, 0) is 6.07 Å². The van der Waals surface area contributed by atoms with Crippen LogP contribution in [0.5, 0.6) is 5.75 Å². The van der Waals surface area contributed by atoms with Crippen LogP contribution in [-0.2, 0) is 16.3 Å². The van der Waals surface area contributed by atoms with Gasteiger partial charge in [0.05, 0.1) is 9.95 Å². The lowest BCUT2D eigenvalue weighted by molar-refractivity contribution is -0.384. The van der Waals surface area contributed by atoms with Gasteiger partial charge in [-0.25, -0.2) is 0 Å². The van der Waals surface area contributed by atoms with Gasteiger partial charge in [0.25, 0.3) is 5.69 Å². The van der Waals surface area contributed by atoms with E-state index in [-0.39, 0.29) is 16.5 Å². The molecule has 0 aliphatic carbocycles. The Morgan fingerprint density at radius 1 is 1.62 bits per heavy atom. The van der Waals surface area contributed by atoms with E-state index in [1.165, 1.54) is 19.2 Å². The molecular weight excluding hydrogens is 277 g/mol. The van der Waals surface area contributed by atoms with E-state index in [4.69, 9.17) is 16.1 Å². The summed E-state index contributed by atoms with van der Waals surface area (Å²) in [5.41, 5.74) is -0.180. The molecule has 0 heterocycles. The van der Waals surface area contributed by atoms with Gasteiger partial charge in [0.15, 0.2) is 0 Å². The Morgan fingerprint density at radius 3 is 2.69 bits per heavy atom. The van der Waals surface area contributed by atoms with Gasteiger partial charge in [-0.2, -0.15) is 0 Å². The molecule has 0 saturated carbocycles. The Balaban J connectivity index is 3.00. The molecule has 0 saturated heterocycles. The average molecular weight is 284 g/mol. The van der Waals surface area contributed by atoms with Crippen LogP contribution < -0.4 is 4.52 Å². The molecule has 1 atom stereocenters. The smallest absolute Gasteiger partial charge is 0.377 e. The van der Waals surface area contributed by atoms with E-state index in [0.717, 1.165) is 6.07 Å². The minimum atomic E-state index is -3.38. The third kappa shape index (κ3) is 3.40. The molecule has 0 aromatic heterocycles. The van der Waals surface area contributed by atoms with E-state index in [2.05, 4.69) is 16.3 Å². The Hall–Kier alpha value is -0.720. The molecule has 0 spiro atoms. The van der Waals surface area contributed by atoms with Crippen molar-refractivity contribution in [3.8, 4) is 5.75 Å². The molecule has 6 nitrogen and oxygen atoms in total. The zero-order valence-corrected chi connectivity index (χ0v) is 10.5. The summed E-state index contributed by atoms with van der Waals surface area (Å²) in [6.45, 7) is -3.38. The fourth-order valence-electron chi connectivity index (χ4n) is 0.839. The van der Waals surface area contributed by atoms with Crippen molar-refractivity contribution in [1.82, 2.24) is 0 Å². The highest BCUT2D eigenvalue weighted by molar-refractivity contribution is 8.07.